The summed E-state index contributed by atoms with van der Waals surface area (Å²) in [6.45, 7) is -0.620. The lowest BCUT2D eigenvalue weighted by atomic mass is 10.2. The van der Waals surface area contributed by atoms with Crippen molar-refractivity contribution in [3.05, 3.63) is 28.2 Å². The first-order valence-electron chi connectivity index (χ1n) is 7.68. The second kappa shape index (κ2) is 8.66. The number of hydrogen-bond acceptors (Lipinski definition) is 6. The molecule has 2 unspecified atom stereocenters. The Balaban J connectivity index is 2.07. The molecule has 0 aliphatic carbocycles. The summed E-state index contributed by atoms with van der Waals surface area (Å²) in [7, 11) is -3.15. The van der Waals surface area contributed by atoms with Crippen LogP contribution in [0.3, 0.4) is 0 Å². The maximum absolute atomic E-state index is 12.3. The Hall–Kier alpha value is -0.900. The predicted molar refractivity (Wildman–Crippen MR) is 96.8 cm³/mol. The summed E-state index contributed by atoms with van der Waals surface area (Å²) in [4.78, 5) is 13.9. The summed E-state index contributed by atoms with van der Waals surface area (Å²) in [5, 5.41) is 22.1. The first-order chi connectivity index (χ1) is 11.7. The van der Waals surface area contributed by atoms with E-state index in [4.69, 9.17) is 28.3 Å². The van der Waals surface area contributed by atoms with E-state index in [-0.39, 0.29) is 30.6 Å². The van der Waals surface area contributed by atoms with Crippen molar-refractivity contribution in [3.63, 3.8) is 0 Å². The largest absolute Gasteiger partial charge is 0.394 e. The number of amides is 1. The molecule has 0 aromatic heterocycles. The molecular weight excluding hydrogens is 391 g/mol. The molecule has 0 radical (unpaired) electrons. The Kier molecular flexibility index (Phi) is 7.07. The molecule has 25 heavy (non-hydrogen) atoms. The van der Waals surface area contributed by atoms with Crippen LogP contribution in [0.1, 0.15) is 6.42 Å². The van der Waals surface area contributed by atoms with Crippen molar-refractivity contribution in [2.45, 2.75) is 18.6 Å². The topological polar surface area (TPSA) is 107 Å². The third kappa shape index (κ3) is 6.09. The van der Waals surface area contributed by atoms with E-state index < -0.39 is 28.5 Å². The van der Waals surface area contributed by atoms with E-state index in [0.29, 0.717) is 22.2 Å². The van der Waals surface area contributed by atoms with Gasteiger partial charge in [-0.1, -0.05) is 23.2 Å². The highest BCUT2D eigenvalue weighted by Gasteiger charge is 2.33. The fraction of sp³-hybridized carbons (Fsp3) is 0.533. The summed E-state index contributed by atoms with van der Waals surface area (Å²) >= 11 is 11.9. The molecule has 140 valence electrons. The van der Waals surface area contributed by atoms with E-state index in [2.05, 4.69) is 5.32 Å². The molecule has 1 aliphatic rings. The Morgan fingerprint density at radius 2 is 2.12 bits per heavy atom. The van der Waals surface area contributed by atoms with Gasteiger partial charge in [0.05, 0.1) is 41.5 Å². The third-order valence-corrected chi connectivity index (χ3v) is 6.25. The van der Waals surface area contributed by atoms with Crippen LogP contribution in [0, 0.1) is 0 Å². The lowest BCUT2D eigenvalue weighted by molar-refractivity contribution is -0.118. The van der Waals surface area contributed by atoms with Crippen molar-refractivity contribution in [2.24, 2.45) is 0 Å². The number of rotatable bonds is 7. The number of halogens is 2. The molecule has 1 aromatic rings. The van der Waals surface area contributed by atoms with Gasteiger partial charge in [-0.2, -0.15) is 0 Å². The molecule has 7 nitrogen and oxygen atoms in total. The Morgan fingerprint density at radius 1 is 1.40 bits per heavy atom. The molecule has 1 fully saturated rings. The normalized spacial score (nSPS) is 20.6. The molecule has 2 rings (SSSR count). The minimum absolute atomic E-state index is 0.00656. The summed E-state index contributed by atoms with van der Waals surface area (Å²) in [6, 6.07) is 4.27. The number of benzene rings is 1. The molecule has 3 N–H and O–H groups in total. The molecule has 2 atom stereocenters. The number of carbonyl (C=O) groups excluding carboxylic acids is 1. The summed E-state index contributed by atoms with van der Waals surface area (Å²) in [5.74, 6) is -0.444. The van der Waals surface area contributed by atoms with Crippen LogP contribution in [0.25, 0.3) is 0 Å². The third-order valence-electron chi connectivity index (χ3n) is 3.93. The number of anilines is 1. The van der Waals surface area contributed by atoms with Crippen molar-refractivity contribution in [3.8, 4) is 0 Å². The lowest BCUT2D eigenvalue weighted by Gasteiger charge is -2.29. The van der Waals surface area contributed by atoms with E-state index in [1.165, 1.54) is 6.07 Å². The smallest absolute Gasteiger partial charge is 0.238 e. The van der Waals surface area contributed by atoms with E-state index >= 15 is 0 Å². The van der Waals surface area contributed by atoms with Gasteiger partial charge >= 0.3 is 0 Å². The lowest BCUT2D eigenvalue weighted by Crippen LogP contribution is -2.46. The van der Waals surface area contributed by atoms with Crippen LogP contribution in [0.5, 0.6) is 0 Å². The van der Waals surface area contributed by atoms with Crippen LogP contribution in [-0.2, 0) is 14.6 Å². The van der Waals surface area contributed by atoms with Crippen LogP contribution in [0.15, 0.2) is 18.2 Å². The van der Waals surface area contributed by atoms with E-state index in [1.54, 1.807) is 17.0 Å². The van der Waals surface area contributed by atoms with Gasteiger partial charge in [-0.3, -0.25) is 9.69 Å². The van der Waals surface area contributed by atoms with Crippen molar-refractivity contribution in [1.29, 1.82) is 0 Å². The fourth-order valence-electron chi connectivity index (χ4n) is 2.70. The molecular formula is C15H20Cl2N2O5S. The number of aliphatic hydroxyl groups excluding tert-OH is 2. The maximum atomic E-state index is 12.3. The highest BCUT2D eigenvalue weighted by atomic mass is 35.5. The Bertz CT molecular complexity index is 729. The maximum Gasteiger partial charge on any atom is 0.238 e. The highest BCUT2D eigenvalue weighted by molar-refractivity contribution is 7.91. The first kappa shape index (κ1) is 20.4. The van der Waals surface area contributed by atoms with Gasteiger partial charge in [0.25, 0.3) is 0 Å². The van der Waals surface area contributed by atoms with Crippen molar-refractivity contribution in [1.82, 2.24) is 4.90 Å². The van der Waals surface area contributed by atoms with E-state index in [0.717, 1.165) is 0 Å². The van der Waals surface area contributed by atoms with Crippen molar-refractivity contribution in [2.75, 3.05) is 36.5 Å². The zero-order valence-corrected chi connectivity index (χ0v) is 15.7. The van der Waals surface area contributed by atoms with E-state index in [9.17, 15) is 18.3 Å². The molecule has 1 heterocycles. The fourth-order valence-corrected chi connectivity index (χ4v) is 4.80. The minimum Gasteiger partial charge on any atom is -0.394 e. The van der Waals surface area contributed by atoms with Gasteiger partial charge in [-0.05, 0) is 24.6 Å². The van der Waals surface area contributed by atoms with Gasteiger partial charge < -0.3 is 15.5 Å². The molecule has 10 heteroatoms. The number of hydrogen-bond donors (Lipinski definition) is 3. The van der Waals surface area contributed by atoms with Gasteiger partial charge in [0.15, 0.2) is 9.84 Å². The van der Waals surface area contributed by atoms with Crippen molar-refractivity contribution < 1.29 is 23.4 Å². The Morgan fingerprint density at radius 3 is 2.72 bits per heavy atom. The van der Waals surface area contributed by atoms with Crippen molar-refractivity contribution >= 4 is 44.6 Å². The van der Waals surface area contributed by atoms with Crippen LogP contribution in [-0.4, -0.2) is 72.8 Å². The number of nitrogens with one attached hydrogen (secondary N) is 1. The summed E-state index contributed by atoms with van der Waals surface area (Å²) in [6.07, 6.45) is -0.683. The predicted octanol–water partition coefficient (Wildman–Crippen LogP) is 0.774. The van der Waals surface area contributed by atoms with Gasteiger partial charge in [0.1, 0.15) is 0 Å². The van der Waals surface area contributed by atoms with Gasteiger partial charge in [0.2, 0.25) is 5.91 Å². The van der Waals surface area contributed by atoms with Gasteiger partial charge in [-0.25, -0.2) is 8.42 Å². The molecule has 1 aromatic carbocycles. The second-order valence-corrected chi connectivity index (χ2v) is 9.07. The second-order valence-electron chi connectivity index (χ2n) is 6.00. The number of aliphatic hydroxyl groups is 2. The molecule has 0 spiro atoms. The Labute approximate surface area is 156 Å². The van der Waals surface area contributed by atoms with Crippen LogP contribution < -0.4 is 5.32 Å². The highest BCUT2D eigenvalue weighted by Crippen LogP contribution is 2.25. The molecule has 1 saturated heterocycles. The molecule has 1 aliphatic heterocycles. The van der Waals surface area contributed by atoms with Crippen LogP contribution >= 0.6 is 23.2 Å². The monoisotopic (exact) mass is 410 g/mol. The van der Waals surface area contributed by atoms with Gasteiger partial charge in [0, 0.05) is 17.6 Å². The first-order valence-corrected chi connectivity index (χ1v) is 10.3. The number of carbonyl (C=O) groups is 1. The quantitative estimate of drug-likeness (QED) is 0.612. The number of nitrogens with zero attached hydrogens (tertiary/aromatic N) is 1. The summed E-state index contributed by atoms with van der Waals surface area (Å²) in [5.41, 5.74) is 0.348. The van der Waals surface area contributed by atoms with E-state index in [1.807, 2.05) is 0 Å². The van der Waals surface area contributed by atoms with Crippen LogP contribution in [0.4, 0.5) is 5.69 Å². The zero-order valence-electron chi connectivity index (χ0n) is 13.4. The van der Waals surface area contributed by atoms with Gasteiger partial charge in [-0.15, -0.1) is 0 Å². The summed E-state index contributed by atoms with van der Waals surface area (Å²) < 4.78 is 23.4. The standard InChI is InChI=1S/C15H20Cl2N2O5S/c16-10-1-2-13(17)14(5-10)18-15(22)7-19(6-12(21)8-20)11-3-4-25(23,24)9-11/h1-2,5,11-12,20-21H,3-4,6-9H2,(H,18,22). The molecule has 0 bridgehead atoms. The minimum atomic E-state index is -3.15. The molecule has 0 saturated carbocycles. The number of sulfone groups is 1. The SMILES string of the molecule is O=C(CN(CC(O)CO)C1CCS(=O)(=O)C1)Nc1cc(Cl)ccc1Cl. The zero-order chi connectivity index (χ0) is 18.6. The van der Waals surface area contributed by atoms with Crippen LogP contribution in [0.2, 0.25) is 10.0 Å². The molecule has 1 amide bonds. The average Bonchev–Trinajstić information content (AvgIpc) is 2.90. The average molecular weight is 411 g/mol.